The van der Waals surface area contributed by atoms with E-state index in [2.05, 4.69) is 15.1 Å². The van der Waals surface area contributed by atoms with Crippen LogP contribution in [0.25, 0.3) is 33.2 Å². The third-order valence-electron chi connectivity index (χ3n) is 4.86. The van der Waals surface area contributed by atoms with Crippen molar-refractivity contribution in [3.05, 3.63) is 58.0 Å². The van der Waals surface area contributed by atoms with Crippen molar-refractivity contribution >= 4 is 27.8 Å². The second kappa shape index (κ2) is 6.92. The Balaban J connectivity index is 1.77. The molecule has 3 heterocycles. The Bertz CT molecular complexity index is 1270. The lowest BCUT2D eigenvalue weighted by Gasteiger charge is -2.08. The molecule has 142 valence electrons. The number of nitrogens with two attached hydrogens (primary N) is 1. The molecule has 0 fully saturated rings. The van der Waals surface area contributed by atoms with E-state index in [-0.39, 0.29) is 11.5 Å². The van der Waals surface area contributed by atoms with Gasteiger partial charge in [0.05, 0.1) is 23.0 Å². The van der Waals surface area contributed by atoms with Gasteiger partial charge in [-0.3, -0.25) is 14.3 Å². The van der Waals surface area contributed by atoms with Gasteiger partial charge in [-0.2, -0.15) is 5.10 Å². The number of fused-ring (bicyclic) bond motifs is 2. The Morgan fingerprint density at radius 3 is 2.82 bits per heavy atom. The summed E-state index contributed by atoms with van der Waals surface area (Å²) in [6.07, 6.45) is 2.63. The smallest absolute Gasteiger partial charge is 0.257 e. The molecule has 4 aromatic rings. The Morgan fingerprint density at radius 2 is 2.04 bits per heavy atom. The minimum absolute atomic E-state index is 0.168. The molecule has 0 spiro atoms. The fourth-order valence-electron chi connectivity index (χ4n) is 3.51. The van der Waals surface area contributed by atoms with Crippen LogP contribution in [0.3, 0.4) is 0 Å². The molecule has 1 aromatic carbocycles. The largest absolute Gasteiger partial charge is 0.370 e. The third-order valence-corrected chi connectivity index (χ3v) is 4.86. The highest BCUT2D eigenvalue weighted by atomic mass is 16.1. The predicted molar refractivity (Wildman–Crippen MR) is 109 cm³/mol. The lowest BCUT2D eigenvalue weighted by molar-refractivity contribution is -0.118. The number of hydrogen-bond acceptors (Lipinski definition) is 4. The van der Waals surface area contributed by atoms with E-state index < -0.39 is 0 Å². The van der Waals surface area contributed by atoms with Gasteiger partial charge >= 0.3 is 0 Å². The zero-order chi connectivity index (χ0) is 19.8. The second-order valence-corrected chi connectivity index (χ2v) is 7.10. The fourth-order valence-corrected chi connectivity index (χ4v) is 3.51. The van der Waals surface area contributed by atoms with Crippen molar-refractivity contribution < 1.29 is 4.79 Å². The summed E-state index contributed by atoms with van der Waals surface area (Å²) in [7, 11) is 0. The second-order valence-electron chi connectivity index (χ2n) is 7.10. The van der Waals surface area contributed by atoms with Crippen molar-refractivity contribution in [2.24, 2.45) is 5.73 Å². The molecule has 0 bridgehead atoms. The first-order chi connectivity index (χ1) is 13.4. The van der Waals surface area contributed by atoms with Gasteiger partial charge in [0.25, 0.3) is 5.56 Å². The van der Waals surface area contributed by atoms with Crippen LogP contribution in [-0.2, 0) is 11.3 Å². The Morgan fingerprint density at radius 1 is 1.21 bits per heavy atom. The molecule has 3 N–H and O–H groups in total. The summed E-state index contributed by atoms with van der Waals surface area (Å²) < 4.78 is 1.83. The number of nitrogens with one attached hydrogen (secondary N) is 1. The Hall–Kier alpha value is -3.48. The van der Waals surface area contributed by atoms with Crippen LogP contribution in [0.15, 0.2) is 41.3 Å². The van der Waals surface area contributed by atoms with E-state index in [1.807, 2.05) is 48.9 Å². The number of amides is 1. The summed E-state index contributed by atoms with van der Waals surface area (Å²) in [4.78, 5) is 31.2. The maximum atomic E-state index is 12.6. The monoisotopic (exact) mass is 375 g/mol. The highest BCUT2D eigenvalue weighted by Gasteiger charge is 2.13. The summed E-state index contributed by atoms with van der Waals surface area (Å²) in [5, 5.41) is 5.35. The van der Waals surface area contributed by atoms with Crippen LogP contribution in [0.4, 0.5) is 0 Å². The molecular formula is C21H21N5O2. The zero-order valence-electron chi connectivity index (χ0n) is 15.8. The van der Waals surface area contributed by atoms with Crippen LogP contribution < -0.4 is 11.3 Å². The van der Waals surface area contributed by atoms with Crippen LogP contribution in [0.2, 0.25) is 0 Å². The highest BCUT2D eigenvalue weighted by Crippen LogP contribution is 2.24. The lowest BCUT2D eigenvalue weighted by Crippen LogP contribution is -2.12. The number of aromatic nitrogens is 4. The number of carbonyl (C=O) groups excluding carboxylic acids is 1. The normalized spacial score (nSPS) is 11.4. The highest BCUT2D eigenvalue weighted by molar-refractivity contribution is 5.86. The number of pyridine rings is 2. The summed E-state index contributed by atoms with van der Waals surface area (Å²) in [5.41, 5.74) is 10.7. The molecular weight excluding hydrogens is 354 g/mol. The van der Waals surface area contributed by atoms with Gasteiger partial charge in [-0.1, -0.05) is 12.1 Å². The van der Waals surface area contributed by atoms with E-state index in [9.17, 15) is 9.59 Å². The van der Waals surface area contributed by atoms with Crippen LogP contribution in [0.1, 0.15) is 24.0 Å². The van der Waals surface area contributed by atoms with Crippen LogP contribution in [-0.4, -0.2) is 25.7 Å². The fraction of sp³-hybridized carbons (Fsp3) is 0.238. The van der Waals surface area contributed by atoms with Crippen molar-refractivity contribution in [3.63, 3.8) is 0 Å². The average Bonchev–Trinajstić information content (AvgIpc) is 3.04. The number of benzene rings is 1. The Kier molecular flexibility index (Phi) is 4.43. The summed E-state index contributed by atoms with van der Waals surface area (Å²) >= 11 is 0. The molecule has 7 heteroatoms. The number of aryl methyl sites for hydroxylation is 3. The van der Waals surface area contributed by atoms with Crippen LogP contribution in [0.5, 0.6) is 0 Å². The first-order valence-corrected chi connectivity index (χ1v) is 9.18. The summed E-state index contributed by atoms with van der Waals surface area (Å²) in [6, 6.07) is 9.74. The molecule has 28 heavy (non-hydrogen) atoms. The quantitative estimate of drug-likeness (QED) is 0.559. The first-order valence-electron chi connectivity index (χ1n) is 9.18. The van der Waals surface area contributed by atoms with Gasteiger partial charge in [-0.05, 0) is 55.0 Å². The van der Waals surface area contributed by atoms with E-state index in [0.29, 0.717) is 30.6 Å². The van der Waals surface area contributed by atoms with E-state index in [4.69, 9.17) is 5.73 Å². The van der Waals surface area contributed by atoms with E-state index in [0.717, 1.165) is 33.1 Å². The van der Waals surface area contributed by atoms with Gasteiger partial charge in [0.15, 0.2) is 0 Å². The number of primary amides is 1. The predicted octanol–water partition coefficient (Wildman–Crippen LogP) is 2.82. The van der Waals surface area contributed by atoms with Gasteiger partial charge in [-0.25, -0.2) is 4.98 Å². The zero-order valence-corrected chi connectivity index (χ0v) is 15.8. The van der Waals surface area contributed by atoms with Crippen molar-refractivity contribution in [1.82, 2.24) is 19.7 Å². The number of rotatable bonds is 5. The summed E-state index contributed by atoms with van der Waals surface area (Å²) in [5.74, 6) is -0.320. The molecule has 0 aliphatic heterocycles. The van der Waals surface area contributed by atoms with Crippen LogP contribution >= 0.6 is 0 Å². The van der Waals surface area contributed by atoms with Crippen LogP contribution in [0, 0.1) is 13.8 Å². The SMILES string of the molecule is Cc1ccc2cc(-c3cc(C)c4c(cnn4CCCC(N)=O)n3)c(=O)[nH]c2c1. The van der Waals surface area contributed by atoms with E-state index in [1.54, 1.807) is 6.20 Å². The topological polar surface area (TPSA) is 107 Å². The number of hydrogen-bond donors (Lipinski definition) is 2. The molecule has 0 radical (unpaired) electrons. The van der Waals surface area contributed by atoms with Gasteiger partial charge in [0.2, 0.25) is 5.91 Å². The average molecular weight is 375 g/mol. The third kappa shape index (κ3) is 3.26. The van der Waals surface area contributed by atoms with Gasteiger partial charge < -0.3 is 10.7 Å². The van der Waals surface area contributed by atoms with Gasteiger partial charge in [-0.15, -0.1) is 0 Å². The van der Waals surface area contributed by atoms with Gasteiger partial charge in [0.1, 0.15) is 5.52 Å². The number of aromatic amines is 1. The minimum Gasteiger partial charge on any atom is -0.370 e. The summed E-state index contributed by atoms with van der Waals surface area (Å²) in [6.45, 7) is 4.55. The molecule has 0 aliphatic rings. The Labute approximate surface area is 161 Å². The van der Waals surface area contributed by atoms with E-state index >= 15 is 0 Å². The number of nitrogens with zero attached hydrogens (tertiary/aromatic N) is 3. The molecule has 0 saturated carbocycles. The lowest BCUT2D eigenvalue weighted by atomic mass is 10.1. The maximum absolute atomic E-state index is 12.6. The van der Waals surface area contributed by atoms with Crippen molar-refractivity contribution in [3.8, 4) is 11.3 Å². The molecule has 1 amide bonds. The molecule has 0 unspecified atom stereocenters. The molecule has 3 aromatic heterocycles. The van der Waals surface area contributed by atoms with E-state index in [1.165, 1.54) is 0 Å². The van der Waals surface area contributed by atoms with Crippen molar-refractivity contribution in [2.75, 3.05) is 0 Å². The van der Waals surface area contributed by atoms with Gasteiger partial charge in [0, 0.05) is 18.5 Å². The molecule has 0 aliphatic carbocycles. The minimum atomic E-state index is -0.320. The maximum Gasteiger partial charge on any atom is 0.257 e. The molecule has 0 saturated heterocycles. The first kappa shape index (κ1) is 17.9. The standard InChI is InChI=1S/C21H21N5O2/c1-12-5-6-14-10-15(21(28)25-16(14)8-12)17-9-13(2)20-18(24-17)11-23-26(20)7-3-4-19(22)27/h5-6,8-11H,3-4,7H2,1-2H3,(H2,22,27)(H,25,28). The molecule has 7 nitrogen and oxygen atoms in total. The number of carbonyl (C=O) groups is 1. The molecule has 4 rings (SSSR count). The number of H-pyrrole nitrogens is 1. The van der Waals surface area contributed by atoms with Crippen molar-refractivity contribution in [1.29, 1.82) is 0 Å². The molecule has 0 atom stereocenters. The van der Waals surface area contributed by atoms with Crippen molar-refractivity contribution in [2.45, 2.75) is 33.2 Å².